The summed E-state index contributed by atoms with van der Waals surface area (Å²) in [5, 5.41) is 55.6. The van der Waals surface area contributed by atoms with Crippen LogP contribution in [0.2, 0.25) is 0 Å². The third-order valence-corrected chi connectivity index (χ3v) is 5.55. The van der Waals surface area contributed by atoms with Crippen LogP contribution in [0.25, 0.3) is 0 Å². The average Bonchev–Trinajstić information content (AvgIpc) is 3.18. The minimum absolute atomic E-state index is 0.660. The first-order valence-corrected chi connectivity index (χ1v) is 9.39. The van der Waals surface area contributed by atoms with Crippen molar-refractivity contribution in [3.63, 3.8) is 0 Å². The first-order valence-electron chi connectivity index (χ1n) is 8.51. The van der Waals surface area contributed by atoms with E-state index in [-0.39, 0.29) is 0 Å². The van der Waals surface area contributed by atoms with E-state index >= 15 is 0 Å². The molecule has 1 heterocycles. The lowest BCUT2D eigenvalue weighted by atomic mass is 10.0. The second-order valence-electron chi connectivity index (χ2n) is 6.18. The molecule has 1 aliphatic rings. The highest BCUT2D eigenvalue weighted by Gasteiger charge is 2.41. The molecule has 3 rings (SSSR count). The molecule has 27 heavy (non-hydrogen) atoms. The summed E-state index contributed by atoms with van der Waals surface area (Å²) in [6, 6.07) is 18.6. The standard InChI is InChI=1S/C19H22N2O5S/c22-11-14(23)15(24)16(25)17(26)19-21(13-9-5-2-6-10-13)20-18(27-19)12-7-3-1-4-8-12/h1-10,14-17,19,22-26H,11H2/t14-,15-,16-,17-,19+/m0/s1. The normalized spacial score (nSPS) is 21.4. The van der Waals surface area contributed by atoms with Crippen LogP contribution in [-0.2, 0) is 0 Å². The monoisotopic (exact) mass is 390 g/mol. The molecule has 1 aliphatic heterocycles. The van der Waals surface area contributed by atoms with Crippen LogP contribution in [0.15, 0.2) is 65.8 Å². The number of anilines is 1. The average molecular weight is 390 g/mol. The molecule has 8 heteroatoms. The van der Waals surface area contributed by atoms with Crippen LogP contribution >= 0.6 is 11.8 Å². The summed E-state index contributed by atoms with van der Waals surface area (Å²) in [6.45, 7) is -0.725. The molecule has 0 unspecified atom stereocenters. The molecule has 5 atom stereocenters. The lowest BCUT2D eigenvalue weighted by molar-refractivity contribution is -0.114. The Kier molecular flexibility index (Phi) is 6.48. The molecule has 0 amide bonds. The lowest BCUT2D eigenvalue weighted by Crippen LogP contribution is -2.52. The molecule has 2 aromatic rings. The van der Waals surface area contributed by atoms with Crippen LogP contribution in [0.1, 0.15) is 5.56 Å². The van der Waals surface area contributed by atoms with Crippen molar-refractivity contribution in [2.24, 2.45) is 5.10 Å². The zero-order chi connectivity index (χ0) is 19.4. The van der Waals surface area contributed by atoms with Gasteiger partial charge in [-0.15, -0.1) is 0 Å². The number of aliphatic hydroxyl groups is 5. The van der Waals surface area contributed by atoms with E-state index in [1.54, 1.807) is 5.01 Å². The molecule has 0 spiro atoms. The van der Waals surface area contributed by atoms with E-state index in [2.05, 4.69) is 5.10 Å². The summed E-state index contributed by atoms with van der Waals surface area (Å²) in [5.41, 5.74) is 1.58. The topological polar surface area (TPSA) is 117 Å². The Hall–Kier alpha value is -1.94. The fourth-order valence-corrected chi connectivity index (χ4v) is 3.96. The Bertz CT molecular complexity index is 761. The van der Waals surface area contributed by atoms with E-state index in [0.717, 1.165) is 5.56 Å². The fraction of sp³-hybridized carbons (Fsp3) is 0.316. The zero-order valence-corrected chi connectivity index (χ0v) is 15.2. The number of nitrogens with zero attached hydrogens (tertiary/aromatic N) is 2. The van der Waals surface area contributed by atoms with Gasteiger partial charge in [0.15, 0.2) is 0 Å². The molecule has 7 nitrogen and oxygen atoms in total. The quantitative estimate of drug-likeness (QED) is 0.464. The third kappa shape index (κ3) is 4.32. The van der Waals surface area contributed by atoms with Crippen LogP contribution in [0.5, 0.6) is 0 Å². The number of thioether (sulfide) groups is 1. The van der Waals surface area contributed by atoms with Gasteiger partial charge in [0.1, 0.15) is 34.8 Å². The van der Waals surface area contributed by atoms with Crippen molar-refractivity contribution in [1.82, 2.24) is 0 Å². The molecule has 0 saturated carbocycles. The van der Waals surface area contributed by atoms with Crippen LogP contribution < -0.4 is 5.01 Å². The molecule has 0 radical (unpaired) electrons. The summed E-state index contributed by atoms with van der Waals surface area (Å²) in [5.74, 6) is 0. The largest absolute Gasteiger partial charge is 0.394 e. The van der Waals surface area contributed by atoms with Gasteiger partial charge in [-0.05, 0) is 12.1 Å². The van der Waals surface area contributed by atoms with E-state index in [1.165, 1.54) is 11.8 Å². The Labute approximate surface area is 161 Å². The summed E-state index contributed by atoms with van der Waals surface area (Å²) in [7, 11) is 0. The van der Waals surface area contributed by atoms with Crippen LogP contribution in [0.3, 0.4) is 0 Å². The van der Waals surface area contributed by atoms with Gasteiger partial charge in [0.2, 0.25) is 0 Å². The minimum atomic E-state index is -1.69. The number of para-hydroxylation sites is 1. The van der Waals surface area contributed by atoms with Gasteiger partial charge in [0.25, 0.3) is 0 Å². The first kappa shape index (κ1) is 19.8. The van der Waals surface area contributed by atoms with Crippen molar-refractivity contribution < 1.29 is 25.5 Å². The van der Waals surface area contributed by atoms with Crippen molar-refractivity contribution in [3.8, 4) is 0 Å². The number of rotatable bonds is 7. The zero-order valence-electron chi connectivity index (χ0n) is 14.4. The van der Waals surface area contributed by atoms with Crippen LogP contribution in [0, 0.1) is 0 Å². The van der Waals surface area contributed by atoms with Crippen molar-refractivity contribution >= 4 is 22.5 Å². The molecular formula is C19H22N2O5S. The summed E-state index contributed by atoms with van der Waals surface area (Å²) in [6.07, 6.45) is -6.35. The number of hydrogen-bond acceptors (Lipinski definition) is 8. The number of hydrogen-bond donors (Lipinski definition) is 5. The lowest BCUT2D eigenvalue weighted by Gasteiger charge is -2.32. The third-order valence-electron chi connectivity index (χ3n) is 4.29. The van der Waals surface area contributed by atoms with Gasteiger partial charge in [-0.25, -0.2) is 5.01 Å². The Balaban J connectivity index is 1.89. The van der Waals surface area contributed by atoms with Crippen molar-refractivity contribution in [1.29, 1.82) is 0 Å². The SMILES string of the molecule is OC[C@H](O)[C@H](O)[C@H](O)[C@H](O)[C@H]1SC(c2ccccc2)=NN1c1ccccc1. The molecule has 144 valence electrons. The highest BCUT2D eigenvalue weighted by Crippen LogP contribution is 2.36. The molecule has 0 aliphatic carbocycles. The molecule has 2 aromatic carbocycles. The summed E-state index contributed by atoms with van der Waals surface area (Å²) >= 11 is 1.25. The maximum absolute atomic E-state index is 10.7. The smallest absolute Gasteiger partial charge is 0.132 e. The first-order chi connectivity index (χ1) is 13.0. The molecule has 0 fully saturated rings. The van der Waals surface area contributed by atoms with E-state index < -0.39 is 36.4 Å². The molecular weight excluding hydrogens is 368 g/mol. The highest BCUT2D eigenvalue weighted by molar-refractivity contribution is 8.15. The van der Waals surface area contributed by atoms with Crippen LogP contribution in [-0.4, -0.2) is 67.0 Å². The minimum Gasteiger partial charge on any atom is -0.394 e. The summed E-state index contributed by atoms with van der Waals surface area (Å²) in [4.78, 5) is 0. The van der Waals surface area contributed by atoms with E-state index in [9.17, 15) is 20.4 Å². The van der Waals surface area contributed by atoms with Gasteiger partial charge in [-0.2, -0.15) is 5.10 Å². The van der Waals surface area contributed by atoms with E-state index in [4.69, 9.17) is 5.11 Å². The Morgan fingerprint density at radius 1 is 0.889 bits per heavy atom. The molecule has 0 saturated heterocycles. The van der Waals surface area contributed by atoms with Gasteiger partial charge >= 0.3 is 0 Å². The maximum Gasteiger partial charge on any atom is 0.132 e. The predicted octanol–water partition coefficient (Wildman–Crippen LogP) is 0.364. The van der Waals surface area contributed by atoms with Crippen LogP contribution in [0.4, 0.5) is 5.69 Å². The molecule has 5 N–H and O–H groups in total. The van der Waals surface area contributed by atoms with Crippen molar-refractivity contribution in [3.05, 3.63) is 66.2 Å². The Morgan fingerprint density at radius 3 is 2.07 bits per heavy atom. The van der Waals surface area contributed by atoms with E-state index in [0.29, 0.717) is 10.7 Å². The van der Waals surface area contributed by atoms with E-state index in [1.807, 2.05) is 60.7 Å². The van der Waals surface area contributed by atoms with Crippen molar-refractivity contribution in [2.75, 3.05) is 11.6 Å². The fourth-order valence-electron chi connectivity index (χ4n) is 2.76. The van der Waals surface area contributed by atoms with Gasteiger partial charge < -0.3 is 25.5 Å². The maximum atomic E-state index is 10.7. The van der Waals surface area contributed by atoms with Gasteiger partial charge in [0, 0.05) is 5.56 Å². The number of benzene rings is 2. The molecule has 0 bridgehead atoms. The second kappa shape index (κ2) is 8.83. The van der Waals surface area contributed by atoms with Gasteiger partial charge in [0.05, 0.1) is 12.3 Å². The predicted molar refractivity (Wildman–Crippen MR) is 104 cm³/mol. The van der Waals surface area contributed by atoms with Gasteiger partial charge in [-0.1, -0.05) is 60.3 Å². The summed E-state index contributed by atoms with van der Waals surface area (Å²) < 4.78 is 0. The van der Waals surface area contributed by atoms with Crippen molar-refractivity contribution in [2.45, 2.75) is 29.8 Å². The van der Waals surface area contributed by atoms with Gasteiger partial charge in [-0.3, -0.25) is 0 Å². The molecule has 0 aromatic heterocycles. The number of aliphatic hydroxyl groups excluding tert-OH is 5. The Morgan fingerprint density at radius 2 is 1.48 bits per heavy atom. The second-order valence-corrected chi connectivity index (χ2v) is 7.29. The highest BCUT2D eigenvalue weighted by atomic mass is 32.2. The number of hydrazone groups is 1.